The van der Waals surface area contributed by atoms with Crippen LogP contribution in [0.4, 0.5) is 0 Å². The van der Waals surface area contributed by atoms with Crippen LogP contribution < -0.4 is 10.6 Å². The molecule has 2 heteroatoms. The Balaban J connectivity index is 1.33. The van der Waals surface area contributed by atoms with Gasteiger partial charge in [-0.3, -0.25) is 0 Å². The van der Waals surface area contributed by atoms with Gasteiger partial charge in [0.15, 0.2) is 0 Å². The highest BCUT2D eigenvalue weighted by Crippen LogP contribution is 2.59. The lowest BCUT2D eigenvalue weighted by atomic mass is 9.49. The van der Waals surface area contributed by atoms with Gasteiger partial charge in [0, 0.05) is 19.1 Å². The van der Waals surface area contributed by atoms with E-state index in [9.17, 15) is 0 Å². The zero-order chi connectivity index (χ0) is 12.0. The van der Waals surface area contributed by atoms with Crippen LogP contribution in [0, 0.1) is 23.2 Å². The third kappa shape index (κ3) is 2.12. The predicted molar refractivity (Wildman–Crippen MR) is 74.5 cm³/mol. The molecule has 5 fully saturated rings. The Bertz CT molecular complexity index is 271. The van der Waals surface area contributed by atoms with Crippen LogP contribution in [0.3, 0.4) is 0 Å². The fraction of sp³-hybridized carbons (Fsp3) is 1.00. The summed E-state index contributed by atoms with van der Waals surface area (Å²) in [5, 5.41) is 7.42. The Kier molecular flexibility index (Phi) is 2.92. The molecule has 0 aromatic heterocycles. The Labute approximate surface area is 111 Å². The van der Waals surface area contributed by atoms with Gasteiger partial charge in [-0.05, 0) is 81.1 Å². The largest absolute Gasteiger partial charge is 0.315 e. The van der Waals surface area contributed by atoms with E-state index < -0.39 is 0 Å². The van der Waals surface area contributed by atoms with Crippen molar-refractivity contribution >= 4 is 0 Å². The topological polar surface area (TPSA) is 24.1 Å². The van der Waals surface area contributed by atoms with Gasteiger partial charge in [-0.2, -0.15) is 0 Å². The summed E-state index contributed by atoms with van der Waals surface area (Å²) < 4.78 is 0. The standard InChI is InChI=1S/C16H28N2/c1-2-15(18-3-1)10-17-11-16-7-12-4-13(8-16)6-14(5-12)9-16/h12-15,17-18H,1-11H2. The molecular weight excluding hydrogens is 220 g/mol. The molecule has 1 unspecified atom stereocenters. The van der Waals surface area contributed by atoms with Crippen molar-refractivity contribution in [2.45, 2.75) is 57.4 Å². The van der Waals surface area contributed by atoms with Gasteiger partial charge in [-0.1, -0.05) is 0 Å². The van der Waals surface area contributed by atoms with Gasteiger partial charge in [-0.25, -0.2) is 0 Å². The molecule has 1 atom stereocenters. The summed E-state index contributed by atoms with van der Waals surface area (Å²) in [6.45, 7) is 3.76. The Morgan fingerprint density at radius 1 is 1.00 bits per heavy atom. The molecule has 0 radical (unpaired) electrons. The van der Waals surface area contributed by atoms with E-state index in [1.54, 1.807) is 38.5 Å². The van der Waals surface area contributed by atoms with Gasteiger partial charge in [0.1, 0.15) is 0 Å². The van der Waals surface area contributed by atoms with Crippen molar-refractivity contribution in [3.8, 4) is 0 Å². The lowest BCUT2D eigenvalue weighted by Gasteiger charge is -2.57. The lowest BCUT2D eigenvalue weighted by Crippen LogP contribution is -2.51. The highest BCUT2D eigenvalue weighted by molar-refractivity contribution is 5.02. The second kappa shape index (κ2) is 4.49. The fourth-order valence-corrected chi connectivity index (χ4v) is 5.95. The van der Waals surface area contributed by atoms with Crippen LogP contribution in [-0.4, -0.2) is 25.7 Å². The maximum Gasteiger partial charge on any atom is 0.0192 e. The van der Waals surface area contributed by atoms with Gasteiger partial charge in [-0.15, -0.1) is 0 Å². The van der Waals surface area contributed by atoms with Gasteiger partial charge in [0.05, 0.1) is 0 Å². The summed E-state index contributed by atoms with van der Waals surface area (Å²) in [5.41, 5.74) is 0.716. The molecule has 1 aliphatic heterocycles. The van der Waals surface area contributed by atoms with Crippen LogP contribution in [0.25, 0.3) is 0 Å². The molecule has 102 valence electrons. The molecule has 1 saturated heterocycles. The predicted octanol–water partition coefficient (Wildman–Crippen LogP) is 2.54. The summed E-state index contributed by atoms with van der Waals surface area (Å²) >= 11 is 0. The molecule has 4 aliphatic carbocycles. The van der Waals surface area contributed by atoms with Crippen molar-refractivity contribution in [2.75, 3.05) is 19.6 Å². The summed E-state index contributed by atoms with van der Waals surface area (Å²) in [6.07, 6.45) is 12.1. The summed E-state index contributed by atoms with van der Waals surface area (Å²) in [4.78, 5) is 0. The molecule has 2 N–H and O–H groups in total. The fourth-order valence-electron chi connectivity index (χ4n) is 5.95. The van der Waals surface area contributed by atoms with Gasteiger partial charge < -0.3 is 10.6 Å². The second-order valence-electron chi connectivity index (χ2n) is 7.84. The first-order valence-corrected chi connectivity index (χ1v) is 8.25. The molecule has 0 spiro atoms. The van der Waals surface area contributed by atoms with Gasteiger partial charge in [0.25, 0.3) is 0 Å². The van der Waals surface area contributed by atoms with Gasteiger partial charge >= 0.3 is 0 Å². The molecular formula is C16H28N2. The first-order chi connectivity index (χ1) is 8.81. The average Bonchev–Trinajstić information content (AvgIpc) is 2.79. The third-order valence-electron chi connectivity index (χ3n) is 6.22. The molecule has 4 saturated carbocycles. The summed E-state index contributed by atoms with van der Waals surface area (Å²) in [6, 6.07) is 0.763. The van der Waals surface area contributed by atoms with E-state index in [4.69, 9.17) is 0 Å². The minimum absolute atomic E-state index is 0.716. The minimum Gasteiger partial charge on any atom is -0.315 e. The third-order valence-corrected chi connectivity index (χ3v) is 6.22. The zero-order valence-corrected chi connectivity index (χ0v) is 11.6. The normalized spacial score (nSPS) is 50.0. The quantitative estimate of drug-likeness (QED) is 0.799. The molecule has 0 aromatic carbocycles. The first-order valence-electron chi connectivity index (χ1n) is 8.25. The van der Waals surface area contributed by atoms with E-state index in [1.165, 1.54) is 32.5 Å². The molecule has 1 heterocycles. The van der Waals surface area contributed by atoms with Crippen molar-refractivity contribution in [1.29, 1.82) is 0 Å². The van der Waals surface area contributed by atoms with E-state index in [-0.39, 0.29) is 0 Å². The molecule has 4 bridgehead atoms. The van der Waals surface area contributed by atoms with Crippen LogP contribution in [-0.2, 0) is 0 Å². The van der Waals surface area contributed by atoms with Crippen LogP contribution in [0.1, 0.15) is 51.4 Å². The van der Waals surface area contributed by atoms with Crippen LogP contribution >= 0.6 is 0 Å². The lowest BCUT2D eigenvalue weighted by molar-refractivity contribution is -0.0513. The molecule has 5 aliphatic rings. The van der Waals surface area contributed by atoms with E-state index in [0.29, 0.717) is 5.41 Å². The molecule has 5 rings (SSSR count). The molecule has 0 aromatic rings. The first kappa shape index (κ1) is 11.7. The van der Waals surface area contributed by atoms with Crippen molar-refractivity contribution in [1.82, 2.24) is 10.6 Å². The Morgan fingerprint density at radius 3 is 2.22 bits per heavy atom. The van der Waals surface area contributed by atoms with Gasteiger partial charge in [0.2, 0.25) is 0 Å². The number of hydrogen-bond donors (Lipinski definition) is 2. The highest BCUT2D eigenvalue weighted by atomic mass is 15.0. The maximum absolute atomic E-state index is 3.82. The summed E-state index contributed by atoms with van der Waals surface area (Å²) in [5.74, 6) is 3.30. The smallest absolute Gasteiger partial charge is 0.0192 e. The SMILES string of the molecule is C1CNC(CNCC23CC4CC(CC(C4)C2)C3)C1. The molecule has 2 nitrogen and oxygen atoms in total. The van der Waals surface area contributed by atoms with Crippen molar-refractivity contribution in [3.63, 3.8) is 0 Å². The van der Waals surface area contributed by atoms with Crippen LogP contribution in [0.5, 0.6) is 0 Å². The van der Waals surface area contributed by atoms with Crippen LogP contribution in [0.15, 0.2) is 0 Å². The van der Waals surface area contributed by atoms with Crippen LogP contribution in [0.2, 0.25) is 0 Å². The molecule has 0 amide bonds. The zero-order valence-electron chi connectivity index (χ0n) is 11.6. The molecule has 18 heavy (non-hydrogen) atoms. The van der Waals surface area contributed by atoms with E-state index in [2.05, 4.69) is 10.6 Å². The second-order valence-corrected chi connectivity index (χ2v) is 7.84. The minimum atomic E-state index is 0.716. The number of nitrogens with one attached hydrogen (secondary N) is 2. The summed E-state index contributed by atoms with van der Waals surface area (Å²) in [7, 11) is 0. The maximum atomic E-state index is 3.82. The number of rotatable bonds is 4. The van der Waals surface area contributed by atoms with Crippen molar-refractivity contribution in [2.24, 2.45) is 23.2 Å². The highest BCUT2D eigenvalue weighted by Gasteiger charge is 2.50. The van der Waals surface area contributed by atoms with E-state index in [0.717, 1.165) is 23.8 Å². The van der Waals surface area contributed by atoms with E-state index in [1.807, 2.05) is 0 Å². The number of hydrogen-bond acceptors (Lipinski definition) is 2. The average molecular weight is 248 g/mol. The Morgan fingerprint density at radius 2 is 1.67 bits per heavy atom. The Hall–Kier alpha value is -0.0800. The van der Waals surface area contributed by atoms with Crippen molar-refractivity contribution < 1.29 is 0 Å². The van der Waals surface area contributed by atoms with Crippen molar-refractivity contribution in [3.05, 3.63) is 0 Å². The monoisotopic (exact) mass is 248 g/mol. The van der Waals surface area contributed by atoms with E-state index >= 15 is 0 Å².